The summed E-state index contributed by atoms with van der Waals surface area (Å²) >= 11 is 0. The van der Waals surface area contributed by atoms with Gasteiger partial charge in [0.05, 0.1) is 17.2 Å². The van der Waals surface area contributed by atoms with Crippen molar-refractivity contribution in [2.24, 2.45) is 4.99 Å². The van der Waals surface area contributed by atoms with E-state index in [1.807, 2.05) is 32.0 Å². The van der Waals surface area contributed by atoms with E-state index >= 15 is 0 Å². The Morgan fingerprint density at radius 3 is 2.78 bits per heavy atom. The maximum atomic E-state index is 9.18. The van der Waals surface area contributed by atoms with E-state index in [1.165, 1.54) is 0 Å². The van der Waals surface area contributed by atoms with Gasteiger partial charge in [0.15, 0.2) is 0 Å². The van der Waals surface area contributed by atoms with Gasteiger partial charge in [-0.2, -0.15) is 5.26 Å². The SMILES string of the molecule is CCCc1c(C#N)cccc1C1=NC(C)(C)CO1. The number of ether oxygens (including phenoxy) is 1. The molecule has 0 aliphatic carbocycles. The van der Waals surface area contributed by atoms with Crippen molar-refractivity contribution in [2.45, 2.75) is 39.2 Å². The summed E-state index contributed by atoms with van der Waals surface area (Å²) < 4.78 is 5.68. The van der Waals surface area contributed by atoms with E-state index in [0.717, 1.165) is 29.5 Å². The number of benzene rings is 1. The molecule has 0 unspecified atom stereocenters. The third-order valence-corrected chi connectivity index (χ3v) is 2.99. The molecule has 1 aromatic carbocycles. The van der Waals surface area contributed by atoms with Crippen molar-refractivity contribution in [2.75, 3.05) is 6.61 Å². The van der Waals surface area contributed by atoms with Crippen molar-refractivity contribution in [1.29, 1.82) is 5.26 Å². The fourth-order valence-corrected chi connectivity index (χ4v) is 2.13. The third-order valence-electron chi connectivity index (χ3n) is 2.99. The number of nitrogens with zero attached hydrogens (tertiary/aromatic N) is 2. The van der Waals surface area contributed by atoms with E-state index in [9.17, 15) is 5.26 Å². The second kappa shape index (κ2) is 4.81. The van der Waals surface area contributed by atoms with E-state index in [-0.39, 0.29) is 5.54 Å². The molecule has 1 aromatic rings. The Bertz CT molecular complexity index is 524. The average Bonchev–Trinajstić information content (AvgIpc) is 2.70. The molecule has 0 amide bonds. The summed E-state index contributed by atoms with van der Waals surface area (Å²) in [5.74, 6) is 0.681. The zero-order valence-corrected chi connectivity index (χ0v) is 11.2. The maximum absolute atomic E-state index is 9.18. The molecule has 0 N–H and O–H groups in total. The average molecular weight is 242 g/mol. The zero-order chi connectivity index (χ0) is 13.2. The lowest BCUT2D eigenvalue weighted by Crippen LogP contribution is -2.17. The van der Waals surface area contributed by atoms with E-state index in [4.69, 9.17) is 4.74 Å². The van der Waals surface area contributed by atoms with Gasteiger partial charge in [0.1, 0.15) is 6.61 Å². The van der Waals surface area contributed by atoms with Crippen LogP contribution < -0.4 is 0 Å². The number of rotatable bonds is 3. The van der Waals surface area contributed by atoms with Crippen LogP contribution in [-0.4, -0.2) is 18.0 Å². The summed E-state index contributed by atoms with van der Waals surface area (Å²) in [5.41, 5.74) is 2.59. The highest BCUT2D eigenvalue weighted by atomic mass is 16.5. The Morgan fingerprint density at radius 1 is 1.44 bits per heavy atom. The van der Waals surface area contributed by atoms with E-state index in [0.29, 0.717) is 12.5 Å². The van der Waals surface area contributed by atoms with Gasteiger partial charge in [-0.25, -0.2) is 4.99 Å². The summed E-state index contributed by atoms with van der Waals surface area (Å²) in [6, 6.07) is 8.00. The van der Waals surface area contributed by atoms with Gasteiger partial charge in [0.2, 0.25) is 5.90 Å². The number of hydrogen-bond donors (Lipinski definition) is 0. The molecule has 0 saturated heterocycles. The van der Waals surface area contributed by atoms with Gasteiger partial charge in [-0.05, 0) is 38.0 Å². The third kappa shape index (κ3) is 2.38. The fraction of sp³-hybridized carbons (Fsp3) is 0.467. The van der Waals surface area contributed by atoms with Crippen LogP contribution >= 0.6 is 0 Å². The van der Waals surface area contributed by atoms with Gasteiger partial charge in [0, 0.05) is 5.56 Å². The molecule has 1 aliphatic heterocycles. The predicted molar refractivity (Wildman–Crippen MR) is 71.7 cm³/mol. The Labute approximate surface area is 108 Å². The fourth-order valence-electron chi connectivity index (χ4n) is 2.13. The van der Waals surface area contributed by atoms with Gasteiger partial charge in [0.25, 0.3) is 0 Å². The summed E-state index contributed by atoms with van der Waals surface area (Å²) in [6.07, 6.45) is 1.88. The maximum Gasteiger partial charge on any atom is 0.217 e. The molecular formula is C15H18N2O. The van der Waals surface area contributed by atoms with Crippen molar-refractivity contribution < 1.29 is 4.74 Å². The molecule has 1 aliphatic rings. The van der Waals surface area contributed by atoms with Gasteiger partial charge in [-0.1, -0.05) is 19.4 Å². The monoisotopic (exact) mass is 242 g/mol. The van der Waals surface area contributed by atoms with Gasteiger partial charge in [-0.15, -0.1) is 0 Å². The number of hydrogen-bond acceptors (Lipinski definition) is 3. The Kier molecular flexibility index (Phi) is 3.38. The highest BCUT2D eigenvalue weighted by Crippen LogP contribution is 2.24. The number of nitriles is 1. The largest absolute Gasteiger partial charge is 0.475 e. The molecule has 0 bridgehead atoms. The van der Waals surface area contributed by atoms with E-state index in [1.54, 1.807) is 0 Å². The first kappa shape index (κ1) is 12.6. The second-order valence-electron chi connectivity index (χ2n) is 5.21. The molecule has 0 spiro atoms. The molecule has 3 heteroatoms. The molecule has 0 atom stereocenters. The molecule has 0 fully saturated rings. The molecule has 1 heterocycles. The molecule has 94 valence electrons. The smallest absolute Gasteiger partial charge is 0.217 e. The van der Waals surface area contributed by atoms with Crippen LogP contribution in [0.1, 0.15) is 43.9 Å². The Morgan fingerprint density at radius 2 is 2.22 bits per heavy atom. The highest BCUT2D eigenvalue weighted by molar-refractivity contribution is 5.97. The van der Waals surface area contributed by atoms with Gasteiger partial charge >= 0.3 is 0 Å². The lowest BCUT2D eigenvalue weighted by atomic mass is 9.97. The molecule has 0 saturated carbocycles. The highest BCUT2D eigenvalue weighted by Gasteiger charge is 2.28. The number of aliphatic imine (C=N–C) groups is 1. The van der Waals surface area contributed by atoms with Crippen LogP contribution in [0.25, 0.3) is 0 Å². The van der Waals surface area contributed by atoms with Crippen LogP contribution in [0.2, 0.25) is 0 Å². The topological polar surface area (TPSA) is 45.4 Å². The van der Waals surface area contributed by atoms with Crippen molar-refractivity contribution >= 4 is 5.90 Å². The first-order valence-corrected chi connectivity index (χ1v) is 6.32. The Balaban J connectivity index is 2.49. The molecule has 2 rings (SSSR count). The summed E-state index contributed by atoms with van der Waals surface area (Å²) in [6.45, 7) is 6.81. The first-order valence-electron chi connectivity index (χ1n) is 6.32. The molecule has 3 nitrogen and oxygen atoms in total. The van der Waals surface area contributed by atoms with E-state index in [2.05, 4.69) is 18.0 Å². The van der Waals surface area contributed by atoms with Crippen LogP contribution in [0, 0.1) is 11.3 Å². The molecule has 0 radical (unpaired) electrons. The van der Waals surface area contributed by atoms with Crippen molar-refractivity contribution in [1.82, 2.24) is 0 Å². The lowest BCUT2D eigenvalue weighted by Gasteiger charge is -2.09. The van der Waals surface area contributed by atoms with Gasteiger partial charge < -0.3 is 4.74 Å². The normalized spacial score (nSPS) is 16.9. The second-order valence-corrected chi connectivity index (χ2v) is 5.21. The van der Waals surface area contributed by atoms with Crippen LogP contribution in [0.3, 0.4) is 0 Å². The molecular weight excluding hydrogens is 224 g/mol. The van der Waals surface area contributed by atoms with Crippen LogP contribution in [-0.2, 0) is 11.2 Å². The van der Waals surface area contributed by atoms with Crippen LogP contribution in [0.4, 0.5) is 0 Å². The molecule has 0 aromatic heterocycles. The van der Waals surface area contributed by atoms with Crippen molar-refractivity contribution in [3.05, 3.63) is 34.9 Å². The minimum absolute atomic E-state index is 0.165. The molecule has 18 heavy (non-hydrogen) atoms. The zero-order valence-electron chi connectivity index (χ0n) is 11.2. The quantitative estimate of drug-likeness (QED) is 0.817. The van der Waals surface area contributed by atoms with Crippen molar-refractivity contribution in [3.8, 4) is 6.07 Å². The lowest BCUT2D eigenvalue weighted by molar-refractivity contribution is 0.279. The minimum atomic E-state index is -0.165. The van der Waals surface area contributed by atoms with E-state index < -0.39 is 0 Å². The minimum Gasteiger partial charge on any atom is -0.475 e. The Hall–Kier alpha value is -1.82. The van der Waals surface area contributed by atoms with Crippen LogP contribution in [0.5, 0.6) is 0 Å². The standard InChI is InChI=1S/C15H18N2O/c1-4-6-12-11(9-16)7-5-8-13(12)14-17-15(2,3)10-18-14/h5,7-8H,4,6,10H2,1-3H3. The van der Waals surface area contributed by atoms with Gasteiger partial charge in [-0.3, -0.25) is 0 Å². The first-order chi connectivity index (χ1) is 8.57. The summed E-state index contributed by atoms with van der Waals surface area (Å²) in [4.78, 5) is 4.59. The van der Waals surface area contributed by atoms with Crippen LogP contribution in [0.15, 0.2) is 23.2 Å². The summed E-state index contributed by atoms with van der Waals surface area (Å²) in [5, 5.41) is 9.18. The van der Waals surface area contributed by atoms with Crippen molar-refractivity contribution in [3.63, 3.8) is 0 Å². The summed E-state index contributed by atoms with van der Waals surface area (Å²) in [7, 11) is 0. The predicted octanol–water partition coefficient (Wildman–Crippen LogP) is 3.07.